The summed E-state index contributed by atoms with van der Waals surface area (Å²) in [4.78, 5) is 15.7. The number of aromatic amines is 1. The Morgan fingerprint density at radius 3 is 2.69 bits per heavy atom. The quantitative estimate of drug-likeness (QED) is 0.569. The van der Waals surface area contributed by atoms with E-state index >= 15 is 0 Å². The smallest absolute Gasteiger partial charge is 0.261 e. The molecule has 1 aliphatic carbocycles. The molecule has 4 N–H and O–H groups in total. The maximum atomic E-state index is 12.5. The van der Waals surface area contributed by atoms with Gasteiger partial charge in [0.2, 0.25) is 0 Å². The molecule has 4 rings (SSSR count). The first kappa shape index (κ1) is 19.2. The van der Waals surface area contributed by atoms with Gasteiger partial charge < -0.3 is 10.3 Å². The maximum absolute atomic E-state index is 12.5. The minimum absolute atomic E-state index is 0.0657. The molecule has 9 heteroatoms. The zero-order valence-corrected chi connectivity index (χ0v) is 16.6. The van der Waals surface area contributed by atoms with Gasteiger partial charge in [0.05, 0.1) is 33.3 Å². The number of fused-ring (bicyclic) bond motifs is 1. The number of aromatic nitrogens is 3. The Labute approximate surface area is 168 Å². The monoisotopic (exact) mass is 410 g/mol. The maximum Gasteiger partial charge on any atom is 0.261 e. The molecule has 150 valence electrons. The highest BCUT2D eigenvalue weighted by molar-refractivity contribution is 7.98. The Balaban J connectivity index is 1.77. The van der Waals surface area contributed by atoms with Gasteiger partial charge in [0.1, 0.15) is 5.39 Å². The van der Waals surface area contributed by atoms with Crippen LogP contribution in [0, 0.1) is 17.2 Å². The number of rotatable bonds is 4. The number of nitrogens with one attached hydrogen (secondary N) is 2. The van der Waals surface area contributed by atoms with Gasteiger partial charge in [0.15, 0.2) is 5.82 Å². The van der Waals surface area contributed by atoms with Gasteiger partial charge >= 0.3 is 0 Å². The first-order valence-corrected chi connectivity index (χ1v) is 11.2. The highest BCUT2D eigenvalue weighted by atomic mass is 32.2. The lowest BCUT2D eigenvalue weighted by Crippen LogP contribution is -2.23. The van der Waals surface area contributed by atoms with Gasteiger partial charge in [-0.15, -0.1) is 0 Å². The van der Waals surface area contributed by atoms with Gasteiger partial charge in [-0.25, -0.2) is 4.21 Å². The third-order valence-electron chi connectivity index (χ3n) is 5.36. The number of pyridine rings is 1. The van der Waals surface area contributed by atoms with Crippen LogP contribution < -0.4 is 16.0 Å². The normalized spacial score (nSPS) is 21.4. The van der Waals surface area contributed by atoms with Gasteiger partial charge in [-0.3, -0.25) is 14.6 Å². The Morgan fingerprint density at radius 1 is 1.28 bits per heavy atom. The van der Waals surface area contributed by atoms with E-state index in [0.29, 0.717) is 27.3 Å². The van der Waals surface area contributed by atoms with Gasteiger partial charge in [0.25, 0.3) is 5.56 Å². The molecule has 1 fully saturated rings. The molecule has 3 aromatic rings. The largest absolute Gasteiger partial charge is 0.338 e. The number of nitrogens with two attached hydrogens (primary N) is 1. The number of benzene rings is 1. The molecule has 8 nitrogen and oxygen atoms in total. The zero-order chi connectivity index (χ0) is 20.6. The lowest BCUT2D eigenvalue weighted by Gasteiger charge is -2.27. The van der Waals surface area contributed by atoms with Crippen molar-refractivity contribution in [1.82, 2.24) is 14.8 Å². The van der Waals surface area contributed by atoms with E-state index in [0.717, 1.165) is 25.7 Å². The summed E-state index contributed by atoms with van der Waals surface area (Å²) in [6, 6.07) is 10.8. The van der Waals surface area contributed by atoms with E-state index in [-0.39, 0.29) is 17.5 Å². The van der Waals surface area contributed by atoms with Crippen molar-refractivity contribution in [3.63, 3.8) is 0 Å². The fraction of sp³-hybridized carbons (Fsp3) is 0.300. The summed E-state index contributed by atoms with van der Waals surface area (Å²) in [6.07, 6.45) is 5.34. The standard InChI is InChI=1S/C20H22N6O2S/c1-29(22,28)15-8-6-14(7-9-15)24-19-18-17(10-11-23-20(18)27)26(25-19)16-5-3-2-4-13(16)12-21/h6-11,13,16H,1-5H2,(H2,22,28)(H,23,27)(H,24,25). The topological polar surface area (TPSA) is 130 Å². The number of nitriles is 1. The summed E-state index contributed by atoms with van der Waals surface area (Å²) in [5.41, 5.74) is 1.12. The van der Waals surface area contributed by atoms with Gasteiger partial charge in [0, 0.05) is 16.8 Å². The molecule has 2 aromatic heterocycles. The number of hydrogen-bond donors (Lipinski definition) is 3. The predicted octanol–water partition coefficient (Wildman–Crippen LogP) is 2.67. The molecule has 3 atom stereocenters. The fourth-order valence-corrected chi connectivity index (χ4v) is 4.50. The predicted molar refractivity (Wildman–Crippen MR) is 114 cm³/mol. The lowest BCUT2D eigenvalue weighted by atomic mass is 9.85. The minimum Gasteiger partial charge on any atom is -0.338 e. The van der Waals surface area contributed by atoms with E-state index in [1.54, 1.807) is 30.5 Å². The summed E-state index contributed by atoms with van der Waals surface area (Å²) in [5, 5.41) is 23.4. The highest BCUT2D eigenvalue weighted by Crippen LogP contribution is 2.36. The van der Waals surface area contributed by atoms with Crippen molar-refractivity contribution in [3.05, 3.63) is 46.9 Å². The second-order valence-electron chi connectivity index (χ2n) is 7.32. The van der Waals surface area contributed by atoms with E-state index in [1.165, 1.54) is 0 Å². The summed E-state index contributed by atoms with van der Waals surface area (Å²) in [7, 11) is -2.79. The highest BCUT2D eigenvalue weighted by Gasteiger charge is 2.29. The molecular weight excluding hydrogens is 388 g/mol. The average Bonchev–Trinajstić information content (AvgIpc) is 3.07. The van der Waals surface area contributed by atoms with Crippen LogP contribution in [-0.4, -0.2) is 24.8 Å². The van der Waals surface area contributed by atoms with Crippen LogP contribution in [0.1, 0.15) is 31.7 Å². The molecule has 3 unspecified atom stereocenters. The van der Waals surface area contributed by atoms with Crippen LogP contribution in [-0.2, 0) is 9.71 Å². The van der Waals surface area contributed by atoms with Crippen molar-refractivity contribution in [1.29, 1.82) is 5.26 Å². The first-order chi connectivity index (χ1) is 13.9. The third-order valence-corrected chi connectivity index (χ3v) is 6.43. The van der Waals surface area contributed by atoms with Crippen molar-refractivity contribution in [2.75, 3.05) is 5.32 Å². The van der Waals surface area contributed by atoms with Crippen LogP contribution in [0.15, 0.2) is 46.2 Å². The Bertz CT molecular complexity index is 1250. The van der Waals surface area contributed by atoms with Crippen molar-refractivity contribution in [3.8, 4) is 6.07 Å². The number of anilines is 2. The summed E-state index contributed by atoms with van der Waals surface area (Å²) < 4.78 is 13.7. The van der Waals surface area contributed by atoms with E-state index < -0.39 is 9.71 Å². The second kappa shape index (κ2) is 7.39. The zero-order valence-electron chi connectivity index (χ0n) is 15.8. The molecular formula is C20H22N6O2S. The molecule has 0 spiro atoms. The average molecular weight is 411 g/mol. The van der Waals surface area contributed by atoms with E-state index in [4.69, 9.17) is 5.14 Å². The van der Waals surface area contributed by atoms with E-state index in [9.17, 15) is 14.3 Å². The summed E-state index contributed by atoms with van der Waals surface area (Å²) in [5.74, 6) is 3.76. The summed E-state index contributed by atoms with van der Waals surface area (Å²) >= 11 is 0. The lowest BCUT2D eigenvalue weighted by molar-refractivity contribution is 0.277. The second-order valence-corrected chi connectivity index (χ2v) is 9.25. The molecule has 0 bridgehead atoms. The van der Waals surface area contributed by atoms with Gasteiger partial charge in [-0.2, -0.15) is 10.4 Å². The molecule has 29 heavy (non-hydrogen) atoms. The van der Waals surface area contributed by atoms with Crippen LogP contribution in [0.5, 0.6) is 0 Å². The first-order valence-electron chi connectivity index (χ1n) is 9.40. The fourth-order valence-electron chi connectivity index (χ4n) is 3.90. The van der Waals surface area contributed by atoms with Crippen LogP contribution in [0.2, 0.25) is 0 Å². The van der Waals surface area contributed by atoms with Crippen molar-refractivity contribution < 1.29 is 4.21 Å². The molecule has 1 aliphatic rings. The number of hydrogen-bond acceptors (Lipinski definition) is 5. The van der Waals surface area contributed by atoms with Crippen LogP contribution in [0.3, 0.4) is 0 Å². The van der Waals surface area contributed by atoms with Crippen molar-refractivity contribution >= 4 is 38.0 Å². The van der Waals surface area contributed by atoms with Gasteiger partial charge in [-0.1, -0.05) is 12.8 Å². The van der Waals surface area contributed by atoms with Crippen LogP contribution in [0.4, 0.5) is 11.5 Å². The third kappa shape index (κ3) is 3.64. The Morgan fingerprint density at radius 2 is 2.00 bits per heavy atom. The van der Waals surface area contributed by atoms with Crippen LogP contribution in [0.25, 0.3) is 10.9 Å². The molecule has 0 radical (unpaired) electrons. The minimum atomic E-state index is -2.79. The molecule has 0 aliphatic heterocycles. The van der Waals surface area contributed by atoms with Gasteiger partial charge in [-0.05, 0) is 49.0 Å². The van der Waals surface area contributed by atoms with E-state index in [2.05, 4.69) is 27.3 Å². The van der Waals surface area contributed by atoms with Crippen molar-refractivity contribution in [2.24, 2.45) is 11.1 Å². The number of nitrogens with zero attached hydrogens (tertiary/aromatic N) is 3. The Hall–Kier alpha value is -3.09. The number of H-pyrrole nitrogens is 1. The molecule has 1 aromatic carbocycles. The van der Waals surface area contributed by atoms with E-state index in [1.807, 2.05) is 10.7 Å². The molecule has 1 saturated carbocycles. The Kier molecular flexibility index (Phi) is 4.90. The van der Waals surface area contributed by atoms with Crippen molar-refractivity contribution in [2.45, 2.75) is 36.6 Å². The SMILES string of the molecule is C=S(N)(=O)c1ccc(Nc2nn(C3CCCCC3C#N)c3cc[nH]c(=O)c23)cc1. The van der Waals surface area contributed by atoms with Crippen LogP contribution >= 0.6 is 0 Å². The molecule has 0 amide bonds. The molecule has 0 saturated heterocycles. The summed E-state index contributed by atoms with van der Waals surface area (Å²) in [6.45, 7) is 0. The molecule has 2 heterocycles.